The molecule has 31 heavy (non-hydrogen) atoms. The largest absolute Gasteiger partial charge is 0.417 e. The maximum absolute atomic E-state index is 13.7. The molecule has 174 valence electrons. The molecule has 4 saturated carbocycles. The first-order chi connectivity index (χ1) is 14.3. The van der Waals surface area contributed by atoms with Crippen LogP contribution in [0.3, 0.4) is 0 Å². The van der Waals surface area contributed by atoms with E-state index in [0.29, 0.717) is 18.3 Å². The molecule has 0 aromatic heterocycles. The van der Waals surface area contributed by atoms with Crippen LogP contribution in [-0.2, 0) is 0 Å². The van der Waals surface area contributed by atoms with Gasteiger partial charge in [0, 0.05) is 0 Å². The third-order valence-corrected chi connectivity index (χ3v) is 10.9. The lowest BCUT2D eigenvalue weighted by atomic mass is 9.35. The molecule has 0 spiro atoms. The van der Waals surface area contributed by atoms with Crippen molar-refractivity contribution < 1.29 is 18.3 Å². The Morgan fingerprint density at radius 3 is 2.13 bits per heavy atom. The van der Waals surface area contributed by atoms with Crippen molar-refractivity contribution in [1.82, 2.24) is 0 Å². The SMILES string of the molecule is C=C[C@]12CC[C@]3(C)[C@@H](C(=C)C)CC[C@@]3(C=C)[C@@H]1CC[C@]1(C)C[C@@](O)(C(F)(F)F)CC[C@@H]12. The fourth-order valence-corrected chi connectivity index (χ4v) is 9.53. The lowest BCUT2D eigenvalue weighted by Gasteiger charge is -2.69. The summed E-state index contributed by atoms with van der Waals surface area (Å²) in [6.07, 6.45) is 5.50. The predicted molar refractivity (Wildman–Crippen MR) is 119 cm³/mol. The molecule has 0 radical (unpaired) electrons. The van der Waals surface area contributed by atoms with Gasteiger partial charge < -0.3 is 5.11 Å². The second kappa shape index (κ2) is 6.74. The van der Waals surface area contributed by atoms with Gasteiger partial charge in [0.05, 0.1) is 0 Å². The monoisotopic (exact) mass is 436 g/mol. The summed E-state index contributed by atoms with van der Waals surface area (Å²) in [5.74, 6) is 0.917. The molecule has 1 nitrogen and oxygen atoms in total. The molecule has 0 aromatic carbocycles. The molecule has 4 aliphatic carbocycles. The Morgan fingerprint density at radius 2 is 1.58 bits per heavy atom. The van der Waals surface area contributed by atoms with E-state index in [2.05, 4.69) is 45.7 Å². The van der Waals surface area contributed by atoms with Crippen LogP contribution >= 0.6 is 0 Å². The molecule has 0 aliphatic heterocycles. The Kier molecular flexibility index (Phi) is 5.03. The van der Waals surface area contributed by atoms with E-state index in [9.17, 15) is 18.3 Å². The van der Waals surface area contributed by atoms with Crippen LogP contribution in [0.2, 0.25) is 0 Å². The van der Waals surface area contributed by atoms with Crippen molar-refractivity contribution in [3.05, 3.63) is 37.5 Å². The fraction of sp³-hybridized carbons (Fsp3) is 0.778. The third kappa shape index (κ3) is 2.72. The van der Waals surface area contributed by atoms with Gasteiger partial charge in [0.2, 0.25) is 0 Å². The van der Waals surface area contributed by atoms with E-state index < -0.39 is 17.2 Å². The number of aliphatic hydroxyl groups is 1. The molecule has 0 saturated heterocycles. The molecule has 0 bridgehead atoms. The lowest BCUT2D eigenvalue weighted by Crippen LogP contribution is -2.64. The number of fused-ring (bicyclic) bond motifs is 5. The Hall–Kier alpha value is -1.03. The number of alkyl halides is 3. The smallest absolute Gasteiger partial charge is 0.380 e. The second-order valence-corrected chi connectivity index (χ2v) is 12.0. The molecule has 0 amide bonds. The van der Waals surface area contributed by atoms with Gasteiger partial charge in [-0.25, -0.2) is 0 Å². The molecule has 1 N–H and O–H groups in total. The molecule has 4 aliphatic rings. The maximum Gasteiger partial charge on any atom is 0.417 e. The van der Waals surface area contributed by atoms with Crippen molar-refractivity contribution in [2.24, 2.45) is 39.4 Å². The maximum atomic E-state index is 13.7. The van der Waals surface area contributed by atoms with Crippen LogP contribution < -0.4 is 0 Å². The second-order valence-electron chi connectivity index (χ2n) is 12.0. The van der Waals surface area contributed by atoms with Crippen LogP contribution in [0.5, 0.6) is 0 Å². The summed E-state index contributed by atoms with van der Waals surface area (Å²) in [6.45, 7) is 19.5. The highest BCUT2D eigenvalue weighted by Crippen LogP contribution is 2.77. The van der Waals surface area contributed by atoms with Gasteiger partial charge in [0.25, 0.3) is 0 Å². The van der Waals surface area contributed by atoms with Crippen LogP contribution in [0.15, 0.2) is 37.5 Å². The van der Waals surface area contributed by atoms with Gasteiger partial charge in [-0.15, -0.1) is 13.2 Å². The zero-order valence-electron chi connectivity index (χ0n) is 19.5. The summed E-state index contributed by atoms with van der Waals surface area (Å²) in [5.41, 5.74) is -2.00. The fourth-order valence-electron chi connectivity index (χ4n) is 9.53. The zero-order valence-corrected chi connectivity index (χ0v) is 19.5. The average Bonchev–Trinajstić information content (AvgIpc) is 2.99. The summed E-state index contributed by atoms with van der Waals surface area (Å²) in [4.78, 5) is 0. The van der Waals surface area contributed by atoms with Crippen molar-refractivity contribution in [2.45, 2.75) is 90.3 Å². The molecule has 0 heterocycles. The molecule has 4 fully saturated rings. The van der Waals surface area contributed by atoms with Crippen molar-refractivity contribution in [3.63, 3.8) is 0 Å². The molecule has 4 heteroatoms. The van der Waals surface area contributed by atoms with E-state index in [-0.39, 0.29) is 35.0 Å². The summed E-state index contributed by atoms with van der Waals surface area (Å²) in [5, 5.41) is 10.6. The van der Waals surface area contributed by atoms with Gasteiger partial charge in [-0.05, 0) is 104 Å². The van der Waals surface area contributed by atoms with Crippen LogP contribution in [0, 0.1) is 39.4 Å². The quantitative estimate of drug-likeness (QED) is 0.451. The van der Waals surface area contributed by atoms with Crippen LogP contribution in [0.25, 0.3) is 0 Å². The Balaban J connectivity index is 1.77. The number of rotatable bonds is 3. The Labute approximate surface area is 185 Å². The van der Waals surface area contributed by atoms with Crippen LogP contribution in [-0.4, -0.2) is 16.9 Å². The number of hydrogen-bond donors (Lipinski definition) is 1. The number of halogens is 3. The Morgan fingerprint density at radius 1 is 0.935 bits per heavy atom. The first-order valence-electron chi connectivity index (χ1n) is 12.0. The number of hydrogen-bond acceptors (Lipinski definition) is 1. The highest BCUT2D eigenvalue weighted by Gasteiger charge is 2.71. The lowest BCUT2D eigenvalue weighted by molar-refractivity contribution is -0.297. The van der Waals surface area contributed by atoms with E-state index >= 15 is 0 Å². The van der Waals surface area contributed by atoms with E-state index in [1.165, 1.54) is 5.57 Å². The molecular weight excluding hydrogens is 397 g/mol. The highest BCUT2D eigenvalue weighted by atomic mass is 19.4. The molecular formula is C27H39F3O. The number of allylic oxidation sites excluding steroid dienone is 3. The van der Waals surface area contributed by atoms with Gasteiger partial charge in [-0.1, -0.05) is 38.2 Å². The third-order valence-electron chi connectivity index (χ3n) is 10.9. The zero-order chi connectivity index (χ0) is 23.1. The minimum absolute atomic E-state index is 0.0395. The first kappa shape index (κ1) is 23.1. The van der Waals surface area contributed by atoms with Gasteiger partial charge in [-0.2, -0.15) is 13.2 Å². The van der Waals surface area contributed by atoms with Crippen molar-refractivity contribution in [2.75, 3.05) is 0 Å². The minimum Gasteiger partial charge on any atom is -0.380 e. The predicted octanol–water partition coefficient (Wildman–Crippen LogP) is 7.63. The Bertz CT molecular complexity index is 801. The molecule has 0 aromatic rings. The van der Waals surface area contributed by atoms with Crippen molar-refractivity contribution in [3.8, 4) is 0 Å². The molecule has 8 atom stereocenters. The first-order valence-corrected chi connectivity index (χ1v) is 12.0. The summed E-state index contributed by atoms with van der Waals surface area (Å²) < 4.78 is 41.2. The van der Waals surface area contributed by atoms with E-state index in [1.54, 1.807) is 0 Å². The normalized spacial score (nSPS) is 51.9. The topological polar surface area (TPSA) is 20.2 Å². The van der Waals surface area contributed by atoms with Gasteiger partial charge in [0.1, 0.15) is 0 Å². The highest BCUT2D eigenvalue weighted by molar-refractivity contribution is 5.29. The molecule has 0 unspecified atom stereocenters. The summed E-state index contributed by atoms with van der Waals surface area (Å²) in [6, 6.07) is 0. The van der Waals surface area contributed by atoms with Gasteiger partial charge >= 0.3 is 6.18 Å². The average molecular weight is 437 g/mol. The minimum atomic E-state index is -4.58. The van der Waals surface area contributed by atoms with Crippen molar-refractivity contribution in [1.29, 1.82) is 0 Å². The molecule has 4 rings (SSSR count). The summed E-state index contributed by atoms with van der Waals surface area (Å²) >= 11 is 0. The van der Waals surface area contributed by atoms with Gasteiger partial charge in [-0.3, -0.25) is 0 Å². The van der Waals surface area contributed by atoms with Crippen LogP contribution in [0.4, 0.5) is 13.2 Å². The van der Waals surface area contributed by atoms with Crippen LogP contribution in [0.1, 0.15) is 78.6 Å². The van der Waals surface area contributed by atoms with E-state index in [1.807, 2.05) is 6.92 Å². The van der Waals surface area contributed by atoms with Crippen molar-refractivity contribution >= 4 is 0 Å². The van der Waals surface area contributed by atoms with E-state index in [4.69, 9.17) is 0 Å². The van der Waals surface area contributed by atoms with Gasteiger partial charge in [0.15, 0.2) is 5.60 Å². The summed E-state index contributed by atoms with van der Waals surface area (Å²) in [7, 11) is 0. The van der Waals surface area contributed by atoms with E-state index in [0.717, 1.165) is 38.5 Å². The standard InChI is InChI=1S/C27H39F3O/c1-7-24-16-15-23(6)19(18(3)4)9-13-25(23,8-2)21(24)10-12-22(5)17-26(31,27(28,29)30)14-11-20(22)24/h7-8,19-21,31H,1-3,9-17H2,4-6H3/t19-,20+,21-,22-,23-,24-,25+,26-/m1/s1.